The molecule has 0 saturated heterocycles. The quantitative estimate of drug-likeness (QED) is 0.167. The summed E-state index contributed by atoms with van der Waals surface area (Å²) in [5.41, 5.74) is 30.5. The zero-order valence-electron chi connectivity index (χ0n) is 44.9. The zero-order valence-corrected chi connectivity index (χ0v) is 44.9. The van der Waals surface area contributed by atoms with E-state index in [4.69, 9.17) is 0 Å². The third-order valence-corrected chi connectivity index (χ3v) is 18.3. The van der Waals surface area contributed by atoms with Crippen LogP contribution in [0.15, 0.2) is 152 Å². The van der Waals surface area contributed by atoms with E-state index in [1.165, 1.54) is 142 Å². The second-order valence-corrected chi connectivity index (χ2v) is 25.2. The predicted octanol–water partition coefficient (Wildman–Crippen LogP) is 17.2. The van der Waals surface area contributed by atoms with Crippen molar-refractivity contribution in [2.24, 2.45) is 0 Å². The maximum Gasteiger partial charge on any atom is 0.198 e. The monoisotopic (exact) mass is 939 g/mol. The van der Waals surface area contributed by atoms with Gasteiger partial charge in [0.25, 0.3) is 0 Å². The molecule has 1 N–H and O–H groups in total. The lowest BCUT2D eigenvalue weighted by Gasteiger charge is -2.44. The third-order valence-electron chi connectivity index (χ3n) is 18.3. The normalized spacial score (nSPS) is 17.9. The van der Waals surface area contributed by atoms with Gasteiger partial charge in [-0.25, -0.2) is 0 Å². The van der Waals surface area contributed by atoms with Crippen molar-refractivity contribution in [3.8, 4) is 44.5 Å². The molecule has 0 fully saturated rings. The number of anilines is 5. The van der Waals surface area contributed by atoms with Crippen LogP contribution in [0.1, 0.15) is 139 Å². The lowest BCUT2D eigenvalue weighted by atomic mass is 9.56. The molecule has 0 spiro atoms. The van der Waals surface area contributed by atoms with Gasteiger partial charge in [-0.05, 0) is 187 Å². The fourth-order valence-corrected chi connectivity index (χ4v) is 13.5. The first kappa shape index (κ1) is 46.5. The molecule has 0 saturated carbocycles. The van der Waals surface area contributed by atoms with Gasteiger partial charge in [0.2, 0.25) is 0 Å². The molecule has 360 valence electrons. The summed E-state index contributed by atoms with van der Waals surface area (Å²) >= 11 is 0. The Hall–Kier alpha value is -6.58. The van der Waals surface area contributed by atoms with Gasteiger partial charge in [-0.2, -0.15) is 0 Å². The number of aryl methyl sites for hydroxylation is 2. The Bertz CT molecular complexity index is 3510. The molecule has 12 rings (SSSR count). The van der Waals surface area contributed by atoms with Crippen molar-refractivity contribution in [1.82, 2.24) is 0 Å². The average molecular weight is 939 g/mol. The van der Waals surface area contributed by atoms with E-state index in [9.17, 15) is 0 Å². The molecule has 0 aromatic heterocycles. The molecule has 4 aliphatic rings. The molecular weight excluding hydrogens is 868 g/mol. The van der Waals surface area contributed by atoms with Crippen molar-refractivity contribution in [3.05, 3.63) is 196 Å². The first-order chi connectivity index (χ1) is 34.2. The first-order valence-corrected chi connectivity index (χ1v) is 26.8. The lowest BCUT2D eigenvalue weighted by Crippen LogP contribution is -2.42. The Morgan fingerprint density at radius 3 is 1.53 bits per heavy atom. The Labute approximate surface area is 431 Å². The van der Waals surface area contributed by atoms with Crippen LogP contribution in [0.3, 0.4) is 0 Å². The lowest BCUT2D eigenvalue weighted by molar-refractivity contribution is 0.332. The molecule has 8 aromatic rings. The zero-order chi connectivity index (χ0) is 50.3. The Morgan fingerprint density at radius 2 is 0.903 bits per heavy atom. The number of hydrogen-bond acceptors (Lipinski definition) is 2. The summed E-state index contributed by atoms with van der Waals surface area (Å²) in [6, 6.07) is 58.5. The molecule has 3 aliphatic carbocycles. The SMILES string of the molecule is Cc1cc2c(cc1Nc1ccc(-c3ccccc3)cc1-c1c3c(cc4c1-c1ccccc1C4(C)C)N(c1cc4c(cc1C)C(C)(C)CCC4(C)C)c1cc(-c4ccccc4)ccc1B3)C(C)(C)CCC2(C)C. The van der Waals surface area contributed by atoms with Crippen LogP contribution in [0.2, 0.25) is 0 Å². The smallest absolute Gasteiger partial charge is 0.198 e. The van der Waals surface area contributed by atoms with E-state index >= 15 is 0 Å². The standard InChI is InChI=1S/C69H71BN2/c1-42-35-51-53(67(7,8)33-31-65(51,3)4)39-58(42)71-57-30-28-46(44-21-15-13-16-22-44)37-49(57)63-62-48-25-19-20-26-50(48)69(11,12)55(62)41-61-64(63)70-56-29-27-47(45-23-17-14-18-24-45)38-60(56)72(61)59-40-54-52(36-43(59)2)66(5,6)32-34-68(54,9)10/h13-30,35-41,70-71H,31-34H2,1-12H3. The molecule has 2 nitrogen and oxygen atoms in total. The molecule has 72 heavy (non-hydrogen) atoms. The fourth-order valence-electron chi connectivity index (χ4n) is 13.5. The fraction of sp³-hybridized carbons (Fsp3) is 0.304. The average Bonchev–Trinajstić information content (AvgIpc) is 3.59. The van der Waals surface area contributed by atoms with E-state index in [1.54, 1.807) is 0 Å². The number of hydrogen-bond donors (Lipinski definition) is 1. The Balaban J connectivity index is 1.18. The van der Waals surface area contributed by atoms with Crippen molar-refractivity contribution >= 4 is 46.6 Å². The third kappa shape index (κ3) is 7.27. The highest BCUT2D eigenvalue weighted by atomic mass is 15.2. The molecule has 0 radical (unpaired) electrons. The minimum Gasteiger partial charge on any atom is -0.355 e. The second kappa shape index (κ2) is 16.2. The van der Waals surface area contributed by atoms with Gasteiger partial charge in [-0.1, -0.05) is 190 Å². The molecule has 0 bridgehead atoms. The van der Waals surface area contributed by atoms with Gasteiger partial charge in [-0.3, -0.25) is 0 Å². The molecular formula is C69H71BN2. The number of nitrogens with zero attached hydrogens (tertiary/aromatic N) is 1. The van der Waals surface area contributed by atoms with E-state index in [0.717, 1.165) is 19.4 Å². The van der Waals surface area contributed by atoms with Crippen LogP contribution in [0.25, 0.3) is 44.5 Å². The molecule has 0 unspecified atom stereocenters. The van der Waals surface area contributed by atoms with Crippen molar-refractivity contribution in [3.63, 3.8) is 0 Å². The van der Waals surface area contributed by atoms with Crippen molar-refractivity contribution in [2.75, 3.05) is 10.2 Å². The second-order valence-electron chi connectivity index (χ2n) is 25.2. The maximum atomic E-state index is 4.21. The van der Waals surface area contributed by atoms with Crippen LogP contribution >= 0.6 is 0 Å². The summed E-state index contributed by atoms with van der Waals surface area (Å²) in [6.07, 6.45) is 4.72. The Morgan fingerprint density at radius 1 is 0.389 bits per heavy atom. The summed E-state index contributed by atoms with van der Waals surface area (Å²) < 4.78 is 0. The minimum absolute atomic E-state index is 0.0472. The summed E-state index contributed by atoms with van der Waals surface area (Å²) in [4.78, 5) is 2.70. The largest absolute Gasteiger partial charge is 0.355 e. The summed E-state index contributed by atoms with van der Waals surface area (Å²) in [6.45, 7) is 29.2. The summed E-state index contributed by atoms with van der Waals surface area (Å²) in [7, 11) is 0.806. The van der Waals surface area contributed by atoms with Crippen LogP contribution in [-0.4, -0.2) is 7.28 Å². The van der Waals surface area contributed by atoms with E-state index in [0.29, 0.717) is 0 Å². The molecule has 0 amide bonds. The van der Waals surface area contributed by atoms with Gasteiger partial charge in [0, 0.05) is 39.4 Å². The molecule has 8 aromatic carbocycles. The van der Waals surface area contributed by atoms with E-state index < -0.39 is 0 Å². The van der Waals surface area contributed by atoms with Crippen LogP contribution in [0, 0.1) is 13.8 Å². The van der Waals surface area contributed by atoms with Gasteiger partial charge in [0.1, 0.15) is 0 Å². The summed E-state index contributed by atoms with van der Waals surface area (Å²) in [5.74, 6) is 0. The van der Waals surface area contributed by atoms with Crippen LogP contribution < -0.4 is 21.1 Å². The van der Waals surface area contributed by atoms with Gasteiger partial charge >= 0.3 is 0 Å². The molecule has 3 heteroatoms. The van der Waals surface area contributed by atoms with E-state index in [2.05, 4.69) is 245 Å². The van der Waals surface area contributed by atoms with Gasteiger partial charge < -0.3 is 10.2 Å². The minimum atomic E-state index is -0.247. The maximum absolute atomic E-state index is 4.21. The number of nitrogens with one attached hydrogen (secondary N) is 1. The van der Waals surface area contributed by atoms with Crippen molar-refractivity contribution in [1.29, 1.82) is 0 Å². The predicted molar refractivity (Wildman–Crippen MR) is 311 cm³/mol. The summed E-state index contributed by atoms with van der Waals surface area (Å²) in [5, 5.41) is 4.21. The van der Waals surface area contributed by atoms with Gasteiger partial charge in [0.15, 0.2) is 7.28 Å². The van der Waals surface area contributed by atoms with Crippen LogP contribution in [0.4, 0.5) is 28.4 Å². The van der Waals surface area contributed by atoms with Gasteiger partial charge in [0.05, 0.1) is 0 Å². The topological polar surface area (TPSA) is 15.3 Å². The van der Waals surface area contributed by atoms with Crippen molar-refractivity contribution in [2.45, 2.75) is 136 Å². The molecule has 1 heterocycles. The number of rotatable bonds is 6. The highest BCUT2D eigenvalue weighted by molar-refractivity contribution is 6.73. The van der Waals surface area contributed by atoms with Crippen LogP contribution in [0.5, 0.6) is 0 Å². The number of benzene rings is 8. The highest BCUT2D eigenvalue weighted by Gasteiger charge is 2.44. The molecule has 1 aliphatic heterocycles. The highest BCUT2D eigenvalue weighted by Crippen LogP contribution is 2.57. The van der Waals surface area contributed by atoms with E-state index in [-0.39, 0.29) is 27.1 Å². The van der Waals surface area contributed by atoms with Crippen LogP contribution in [-0.2, 0) is 27.1 Å². The Kier molecular flexibility index (Phi) is 10.5. The molecule has 0 atom stereocenters. The van der Waals surface area contributed by atoms with Crippen molar-refractivity contribution < 1.29 is 0 Å². The van der Waals surface area contributed by atoms with Gasteiger partial charge in [-0.15, -0.1) is 0 Å². The number of fused-ring (bicyclic) bond motifs is 7. The first-order valence-electron chi connectivity index (χ1n) is 26.8. The van der Waals surface area contributed by atoms with E-state index in [1.807, 2.05) is 0 Å².